The van der Waals surface area contributed by atoms with E-state index in [0.29, 0.717) is 56.9 Å². The lowest BCUT2D eigenvalue weighted by molar-refractivity contribution is -0.134. The van der Waals surface area contributed by atoms with Gasteiger partial charge in [-0.3, -0.25) is 4.79 Å². The zero-order valence-electron chi connectivity index (χ0n) is 20.1. The van der Waals surface area contributed by atoms with Crippen molar-refractivity contribution >= 4 is 29.5 Å². The number of nitrogens with zero attached hydrogens (tertiary/aromatic N) is 9. The molecule has 2 fully saturated rings. The van der Waals surface area contributed by atoms with Crippen LogP contribution in [0.3, 0.4) is 0 Å². The van der Waals surface area contributed by atoms with E-state index in [1.54, 1.807) is 36.9 Å². The molecule has 6 heterocycles. The number of nitrogens with one attached hydrogen (secondary N) is 1. The zero-order chi connectivity index (χ0) is 25.2. The molecule has 192 valence electrons. The summed E-state index contributed by atoms with van der Waals surface area (Å²) in [6, 6.07) is 4.76. The average Bonchev–Trinajstić information content (AvgIpc) is 3.63. The lowest BCUT2D eigenvalue weighted by Crippen LogP contribution is -2.55. The second kappa shape index (κ2) is 9.97. The summed E-state index contributed by atoms with van der Waals surface area (Å²) in [4.78, 5) is 39.7. The third kappa shape index (κ3) is 4.74. The van der Waals surface area contributed by atoms with Gasteiger partial charge in [-0.1, -0.05) is 0 Å². The van der Waals surface area contributed by atoms with Gasteiger partial charge in [-0.15, -0.1) is 5.10 Å². The highest BCUT2D eigenvalue weighted by Gasteiger charge is 2.35. The predicted octanol–water partition coefficient (Wildman–Crippen LogP) is 0.707. The van der Waals surface area contributed by atoms with Gasteiger partial charge in [-0.2, -0.15) is 19.5 Å². The molecule has 14 nitrogen and oxygen atoms in total. The normalized spacial score (nSPS) is 17.7. The van der Waals surface area contributed by atoms with E-state index in [-0.39, 0.29) is 29.5 Å². The van der Waals surface area contributed by atoms with E-state index in [0.717, 1.165) is 12.8 Å². The molecule has 1 amide bonds. The number of nitrogen functional groups attached to an aromatic ring is 1. The fourth-order valence-corrected chi connectivity index (χ4v) is 4.73. The summed E-state index contributed by atoms with van der Waals surface area (Å²) in [5.74, 6) is 2.17. The van der Waals surface area contributed by atoms with Crippen molar-refractivity contribution in [3.8, 4) is 11.6 Å². The van der Waals surface area contributed by atoms with Gasteiger partial charge in [0.1, 0.15) is 6.04 Å². The number of aromatic nitrogens is 7. The molecule has 6 rings (SSSR count). The molecular formula is C23H27N11O3. The van der Waals surface area contributed by atoms with Crippen LogP contribution in [0.2, 0.25) is 0 Å². The van der Waals surface area contributed by atoms with Crippen LogP contribution in [0.4, 0.5) is 17.8 Å². The second-order valence-corrected chi connectivity index (χ2v) is 8.96. The van der Waals surface area contributed by atoms with Gasteiger partial charge in [0.2, 0.25) is 29.6 Å². The number of nitrogens with two attached hydrogens (primary N) is 1. The van der Waals surface area contributed by atoms with Crippen LogP contribution < -0.4 is 16.0 Å². The number of anilines is 3. The standard InChI is InChI=1S/C23H27N11O3/c24-20-29-21(30-23-28-18(31-34(20)23)16-3-1-12-37-16)27-17(15-4-13-36-14-5-15)19(35)32-8-10-33(11-9-32)22-25-6-2-7-26-22/h1-3,6-7,12,15,17H,4-5,8-11,13-14H2,(H3,24,27,28,29,30,31)/t17-/m0/s1. The lowest BCUT2D eigenvalue weighted by atomic mass is 9.90. The first-order valence-corrected chi connectivity index (χ1v) is 12.2. The smallest absolute Gasteiger partial charge is 0.259 e. The van der Waals surface area contributed by atoms with Gasteiger partial charge in [0.25, 0.3) is 5.78 Å². The number of hydrogen-bond donors (Lipinski definition) is 2. The molecule has 0 aliphatic carbocycles. The van der Waals surface area contributed by atoms with Crippen molar-refractivity contribution in [1.82, 2.24) is 39.4 Å². The van der Waals surface area contributed by atoms with E-state index in [9.17, 15) is 4.79 Å². The summed E-state index contributed by atoms with van der Waals surface area (Å²) in [6.07, 6.45) is 6.50. The Hall–Kier alpha value is -4.33. The minimum atomic E-state index is -0.530. The Bertz CT molecular complexity index is 1350. The molecular weight excluding hydrogens is 478 g/mol. The summed E-state index contributed by atoms with van der Waals surface area (Å²) in [5.41, 5.74) is 6.17. The number of piperazine rings is 1. The number of fused-ring (bicyclic) bond motifs is 1. The summed E-state index contributed by atoms with van der Waals surface area (Å²) < 4.78 is 12.3. The van der Waals surface area contributed by atoms with Crippen molar-refractivity contribution < 1.29 is 13.9 Å². The van der Waals surface area contributed by atoms with Crippen molar-refractivity contribution in [2.24, 2.45) is 5.92 Å². The van der Waals surface area contributed by atoms with E-state index in [1.807, 2.05) is 4.90 Å². The molecule has 4 aromatic heterocycles. The lowest BCUT2D eigenvalue weighted by Gasteiger charge is -2.38. The van der Waals surface area contributed by atoms with Crippen LogP contribution in [0.5, 0.6) is 0 Å². The van der Waals surface area contributed by atoms with Gasteiger partial charge in [-0.25, -0.2) is 9.97 Å². The number of ether oxygens (including phenoxy) is 1. The molecule has 0 unspecified atom stereocenters. The van der Waals surface area contributed by atoms with Gasteiger partial charge in [0.15, 0.2) is 5.76 Å². The van der Waals surface area contributed by atoms with Crippen LogP contribution >= 0.6 is 0 Å². The van der Waals surface area contributed by atoms with Crippen molar-refractivity contribution in [1.29, 1.82) is 0 Å². The zero-order valence-corrected chi connectivity index (χ0v) is 20.1. The van der Waals surface area contributed by atoms with E-state index < -0.39 is 6.04 Å². The molecule has 0 aromatic carbocycles. The number of carbonyl (C=O) groups is 1. The summed E-state index contributed by atoms with van der Waals surface area (Å²) in [7, 11) is 0. The Morgan fingerprint density at radius 2 is 1.84 bits per heavy atom. The van der Waals surface area contributed by atoms with Crippen molar-refractivity contribution in [2.45, 2.75) is 18.9 Å². The molecule has 2 saturated heterocycles. The van der Waals surface area contributed by atoms with Crippen LogP contribution in [0, 0.1) is 5.92 Å². The van der Waals surface area contributed by atoms with Crippen LogP contribution in [-0.2, 0) is 9.53 Å². The maximum Gasteiger partial charge on any atom is 0.259 e. The van der Waals surface area contributed by atoms with Crippen LogP contribution in [0.15, 0.2) is 41.3 Å². The summed E-state index contributed by atoms with van der Waals surface area (Å²) in [5, 5.41) is 7.61. The first-order chi connectivity index (χ1) is 18.2. The maximum absolute atomic E-state index is 13.8. The highest BCUT2D eigenvalue weighted by molar-refractivity contribution is 5.85. The molecule has 3 N–H and O–H groups in total. The number of rotatable bonds is 6. The first-order valence-electron chi connectivity index (χ1n) is 12.2. The number of carbonyl (C=O) groups excluding carboxylic acids is 1. The second-order valence-electron chi connectivity index (χ2n) is 8.96. The van der Waals surface area contributed by atoms with Gasteiger partial charge >= 0.3 is 0 Å². The van der Waals surface area contributed by atoms with Crippen molar-refractivity contribution in [2.75, 3.05) is 55.3 Å². The molecule has 0 radical (unpaired) electrons. The summed E-state index contributed by atoms with van der Waals surface area (Å²) in [6.45, 7) is 3.65. The largest absolute Gasteiger partial charge is 0.461 e. The molecule has 0 saturated carbocycles. The Balaban J connectivity index is 1.22. The fourth-order valence-electron chi connectivity index (χ4n) is 4.73. The monoisotopic (exact) mass is 505 g/mol. The minimum Gasteiger partial charge on any atom is -0.461 e. The molecule has 2 aliphatic rings. The fraction of sp³-hybridized carbons (Fsp3) is 0.435. The van der Waals surface area contributed by atoms with E-state index in [2.05, 4.69) is 40.2 Å². The van der Waals surface area contributed by atoms with Gasteiger partial charge in [0, 0.05) is 51.8 Å². The maximum atomic E-state index is 13.8. The van der Waals surface area contributed by atoms with Crippen molar-refractivity contribution in [3.63, 3.8) is 0 Å². The number of hydrogen-bond acceptors (Lipinski definition) is 12. The van der Waals surface area contributed by atoms with Crippen molar-refractivity contribution in [3.05, 3.63) is 36.9 Å². The summed E-state index contributed by atoms with van der Waals surface area (Å²) >= 11 is 0. The van der Waals surface area contributed by atoms with Gasteiger partial charge < -0.3 is 30.0 Å². The average molecular weight is 506 g/mol. The Morgan fingerprint density at radius 1 is 1.05 bits per heavy atom. The van der Waals surface area contributed by atoms with Gasteiger partial charge in [0.05, 0.1) is 6.26 Å². The highest BCUT2D eigenvalue weighted by atomic mass is 16.5. The Kier molecular flexibility index (Phi) is 6.22. The van der Waals surface area contributed by atoms with E-state index in [4.69, 9.17) is 14.9 Å². The Morgan fingerprint density at radius 3 is 2.57 bits per heavy atom. The first kappa shape index (κ1) is 23.1. The molecule has 14 heteroatoms. The van der Waals surface area contributed by atoms with Crippen LogP contribution in [-0.4, -0.2) is 90.8 Å². The molecule has 2 aliphatic heterocycles. The molecule has 4 aromatic rings. The number of amides is 1. The molecule has 0 spiro atoms. The third-order valence-electron chi connectivity index (χ3n) is 6.69. The highest BCUT2D eigenvalue weighted by Crippen LogP contribution is 2.25. The number of furan rings is 1. The third-order valence-corrected chi connectivity index (χ3v) is 6.69. The quantitative estimate of drug-likeness (QED) is 0.377. The topological polar surface area (TPSA) is 166 Å². The van der Waals surface area contributed by atoms with E-state index >= 15 is 0 Å². The van der Waals surface area contributed by atoms with E-state index in [1.165, 1.54) is 4.52 Å². The molecule has 1 atom stereocenters. The molecule has 37 heavy (non-hydrogen) atoms. The van der Waals surface area contributed by atoms with Crippen LogP contribution in [0.1, 0.15) is 12.8 Å². The molecule has 0 bridgehead atoms. The Labute approximate surface area is 211 Å². The minimum absolute atomic E-state index is 0.000293. The predicted molar refractivity (Wildman–Crippen MR) is 132 cm³/mol. The van der Waals surface area contributed by atoms with Gasteiger partial charge in [-0.05, 0) is 37.0 Å². The van der Waals surface area contributed by atoms with Crippen LogP contribution in [0.25, 0.3) is 17.4 Å². The SMILES string of the molecule is Nc1nc(N[C@H](C(=O)N2CCN(c3ncccn3)CC2)C2CCOCC2)nc2nc(-c3ccco3)nn12.